The van der Waals surface area contributed by atoms with Gasteiger partial charge in [-0.25, -0.2) is 0 Å². The quantitative estimate of drug-likeness (QED) is 0.687. The van der Waals surface area contributed by atoms with E-state index < -0.39 is 0 Å². The van der Waals surface area contributed by atoms with Gasteiger partial charge in [0.15, 0.2) is 0 Å². The third kappa shape index (κ3) is 1.19. The molecule has 3 atom stereocenters. The van der Waals surface area contributed by atoms with Crippen LogP contribution in [0.15, 0.2) is 30.3 Å². The van der Waals surface area contributed by atoms with E-state index in [1.54, 1.807) is 0 Å². The summed E-state index contributed by atoms with van der Waals surface area (Å²) in [4.78, 5) is 0. The van der Waals surface area contributed by atoms with E-state index in [0.717, 1.165) is 18.0 Å². The largest absolute Gasteiger partial charge is 0.311 e. The van der Waals surface area contributed by atoms with E-state index in [1.165, 1.54) is 24.8 Å². The van der Waals surface area contributed by atoms with Crippen molar-refractivity contribution in [2.75, 3.05) is 0 Å². The summed E-state index contributed by atoms with van der Waals surface area (Å²) in [6, 6.07) is 12.5. The first-order valence-electron chi connectivity index (χ1n) is 5.24. The lowest BCUT2D eigenvalue weighted by Gasteiger charge is -2.20. The van der Waals surface area contributed by atoms with E-state index in [0.29, 0.717) is 0 Å². The van der Waals surface area contributed by atoms with Gasteiger partial charge in [-0.15, -0.1) is 0 Å². The molecule has 2 heterocycles. The summed E-state index contributed by atoms with van der Waals surface area (Å²) in [5.74, 6) is 0.792. The van der Waals surface area contributed by atoms with Crippen LogP contribution in [0.1, 0.15) is 30.7 Å². The van der Waals surface area contributed by atoms with Gasteiger partial charge in [0.05, 0.1) is 0 Å². The number of fused-ring (bicyclic) bond motifs is 2. The van der Waals surface area contributed by atoms with E-state index in [9.17, 15) is 0 Å². The molecule has 2 fully saturated rings. The molecule has 0 aliphatic carbocycles. The van der Waals surface area contributed by atoms with Crippen LogP contribution in [-0.2, 0) is 0 Å². The van der Waals surface area contributed by atoms with Crippen molar-refractivity contribution in [3.63, 3.8) is 0 Å². The lowest BCUT2D eigenvalue weighted by Crippen LogP contribution is -2.21. The Balaban J connectivity index is 1.87. The van der Waals surface area contributed by atoms with Crippen LogP contribution >= 0.6 is 0 Å². The highest BCUT2D eigenvalue weighted by molar-refractivity contribution is 5.24. The minimum absolute atomic E-state index is 0.771. The van der Waals surface area contributed by atoms with Crippen molar-refractivity contribution in [2.45, 2.75) is 37.3 Å². The molecule has 1 heteroatoms. The van der Waals surface area contributed by atoms with Crippen LogP contribution in [0.3, 0.4) is 0 Å². The molecule has 0 spiro atoms. The standard InChI is InChI=1S/C12H15N/c1-2-4-9(5-3-1)11-8-10-6-7-12(11)13-10/h1-5,10-13H,6-8H2/t10-,11-,12+/m1/s1. The number of benzene rings is 1. The van der Waals surface area contributed by atoms with Crippen LogP contribution in [0.2, 0.25) is 0 Å². The average molecular weight is 173 g/mol. The summed E-state index contributed by atoms with van der Waals surface area (Å²) >= 11 is 0. The van der Waals surface area contributed by atoms with Crippen LogP contribution in [-0.4, -0.2) is 12.1 Å². The minimum atomic E-state index is 0.771. The number of hydrogen-bond acceptors (Lipinski definition) is 1. The maximum absolute atomic E-state index is 3.68. The normalized spacial score (nSPS) is 36.8. The van der Waals surface area contributed by atoms with Gasteiger partial charge in [-0.2, -0.15) is 0 Å². The SMILES string of the molecule is c1ccc([C@H]2C[C@H]3CC[C@@H]2N3)cc1. The highest BCUT2D eigenvalue weighted by atomic mass is 15.0. The second kappa shape index (κ2) is 2.85. The minimum Gasteiger partial charge on any atom is -0.311 e. The second-order valence-electron chi connectivity index (χ2n) is 4.30. The Bertz CT molecular complexity index is 293. The number of rotatable bonds is 1. The molecule has 0 unspecified atom stereocenters. The fourth-order valence-electron chi connectivity index (χ4n) is 2.89. The lowest BCUT2D eigenvalue weighted by atomic mass is 9.84. The van der Waals surface area contributed by atoms with Crippen molar-refractivity contribution in [3.8, 4) is 0 Å². The zero-order valence-electron chi connectivity index (χ0n) is 7.74. The van der Waals surface area contributed by atoms with Crippen LogP contribution in [0, 0.1) is 0 Å². The Morgan fingerprint density at radius 3 is 2.54 bits per heavy atom. The lowest BCUT2D eigenvalue weighted by molar-refractivity contribution is 0.506. The van der Waals surface area contributed by atoms with Gasteiger partial charge in [0.1, 0.15) is 0 Å². The van der Waals surface area contributed by atoms with Gasteiger partial charge < -0.3 is 5.32 Å². The van der Waals surface area contributed by atoms with Crippen molar-refractivity contribution in [3.05, 3.63) is 35.9 Å². The predicted octanol–water partition coefficient (Wildman–Crippen LogP) is 2.29. The third-order valence-corrected chi connectivity index (χ3v) is 3.53. The summed E-state index contributed by atoms with van der Waals surface area (Å²) in [6.45, 7) is 0. The molecule has 2 bridgehead atoms. The van der Waals surface area contributed by atoms with Gasteiger partial charge in [-0.1, -0.05) is 30.3 Å². The van der Waals surface area contributed by atoms with E-state index in [4.69, 9.17) is 0 Å². The van der Waals surface area contributed by atoms with Gasteiger partial charge in [-0.3, -0.25) is 0 Å². The molecule has 1 nitrogen and oxygen atoms in total. The maximum atomic E-state index is 3.68. The molecule has 68 valence electrons. The van der Waals surface area contributed by atoms with Gasteiger partial charge in [-0.05, 0) is 24.8 Å². The van der Waals surface area contributed by atoms with Crippen molar-refractivity contribution >= 4 is 0 Å². The Hall–Kier alpha value is -0.820. The van der Waals surface area contributed by atoms with Crippen LogP contribution in [0.25, 0.3) is 0 Å². The van der Waals surface area contributed by atoms with Crippen molar-refractivity contribution in [2.24, 2.45) is 0 Å². The van der Waals surface area contributed by atoms with Crippen LogP contribution in [0.4, 0.5) is 0 Å². The average Bonchev–Trinajstić information content (AvgIpc) is 2.80. The zero-order valence-corrected chi connectivity index (χ0v) is 7.74. The highest BCUT2D eigenvalue weighted by Crippen LogP contribution is 2.39. The molecule has 1 N–H and O–H groups in total. The first kappa shape index (κ1) is 7.57. The molecule has 13 heavy (non-hydrogen) atoms. The van der Waals surface area contributed by atoms with E-state index in [1.807, 2.05) is 0 Å². The Morgan fingerprint density at radius 1 is 1.08 bits per heavy atom. The summed E-state index contributed by atoms with van der Waals surface area (Å²) in [5, 5.41) is 3.68. The van der Waals surface area contributed by atoms with Crippen molar-refractivity contribution in [1.29, 1.82) is 0 Å². The molecular formula is C12H15N. The molecule has 2 saturated heterocycles. The molecule has 3 rings (SSSR count). The molecule has 0 amide bonds. The Kier molecular flexibility index (Phi) is 1.66. The van der Waals surface area contributed by atoms with Gasteiger partial charge >= 0.3 is 0 Å². The highest BCUT2D eigenvalue weighted by Gasteiger charge is 2.39. The number of nitrogens with one attached hydrogen (secondary N) is 1. The van der Waals surface area contributed by atoms with Crippen LogP contribution < -0.4 is 5.32 Å². The third-order valence-electron chi connectivity index (χ3n) is 3.53. The Morgan fingerprint density at radius 2 is 1.92 bits per heavy atom. The van der Waals surface area contributed by atoms with Gasteiger partial charge in [0.25, 0.3) is 0 Å². The maximum Gasteiger partial charge on any atom is 0.0139 e. The molecule has 0 saturated carbocycles. The molecular weight excluding hydrogens is 158 g/mol. The van der Waals surface area contributed by atoms with Crippen molar-refractivity contribution in [1.82, 2.24) is 5.32 Å². The zero-order chi connectivity index (χ0) is 8.67. The van der Waals surface area contributed by atoms with E-state index in [2.05, 4.69) is 35.6 Å². The predicted molar refractivity (Wildman–Crippen MR) is 53.7 cm³/mol. The fourth-order valence-corrected chi connectivity index (χ4v) is 2.89. The second-order valence-corrected chi connectivity index (χ2v) is 4.30. The summed E-state index contributed by atoms with van der Waals surface area (Å²) in [5.41, 5.74) is 1.53. The van der Waals surface area contributed by atoms with E-state index >= 15 is 0 Å². The van der Waals surface area contributed by atoms with Crippen molar-refractivity contribution < 1.29 is 0 Å². The molecule has 0 aromatic heterocycles. The van der Waals surface area contributed by atoms with Gasteiger partial charge in [0, 0.05) is 18.0 Å². The summed E-state index contributed by atoms with van der Waals surface area (Å²) in [6.07, 6.45) is 4.13. The first-order chi connectivity index (χ1) is 6.43. The first-order valence-corrected chi connectivity index (χ1v) is 5.24. The topological polar surface area (TPSA) is 12.0 Å². The molecule has 1 aromatic carbocycles. The Labute approximate surface area is 79.2 Å². The molecule has 0 radical (unpaired) electrons. The molecule has 1 aromatic rings. The summed E-state index contributed by atoms with van der Waals surface area (Å²) in [7, 11) is 0. The fraction of sp³-hybridized carbons (Fsp3) is 0.500. The molecule has 2 aliphatic heterocycles. The summed E-state index contributed by atoms with van der Waals surface area (Å²) < 4.78 is 0. The number of hydrogen-bond donors (Lipinski definition) is 1. The van der Waals surface area contributed by atoms with Gasteiger partial charge in [0.2, 0.25) is 0 Å². The van der Waals surface area contributed by atoms with Crippen LogP contribution in [0.5, 0.6) is 0 Å². The smallest absolute Gasteiger partial charge is 0.0139 e. The molecule has 2 aliphatic rings. The van der Waals surface area contributed by atoms with E-state index in [-0.39, 0.29) is 0 Å². The monoisotopic (exact) mass is 173 g/mol.